The lowest BCUT2D eigenvalue weighted by Gasteiger charge is -2.12. The van der Waals surface area contributed by atoms with Crippen molar-refractivity contribution in [3.8, 4) is 0 Å². The summed E-state index contributed by atoms with van der Waals surface area (Å²) in [5.74, 6) is 1.01. The van der Waals surface area contributed by atoms with Crippen LogP contribution in [-0.2, 0) is 6.42 Å². The fourth-order valence-corrected chi connectivity index (χ4v) is 2.74. The minimum Gasteiger partial charge on any atom is -0.383 e. The van der Waals surface area contributed by atoms with Crippen molar-refractivity contribution in [3.05, 3.63) is 28.3 Å². The Hall–Kier alpha value is -2.09. The summed E-state index contributed by atoms with van der Waals surface area (Å²) >= 11 is 1.28. The van der Waals surface area contributed by atoms with Crippen molar-refractivity contribution in [2.45, 2.75) is 36.9 Å². The van der Waals surface area contributed by atoms with Crippen LogP contribution in [0, 0.1) is 0 Å². The van der Waals surface area contributed by atoms with Gasteiger partial charge in [0.15, 0.2) is 5.16 Å². The molecule has 2 aromatic rings. The standard InChI is InChI=1S/C13H18N6OS/c1-3-5-15-11-8(4-2)12(17-7-16-11)21-13-18-9(14)6-10(20)19-13/h6-7H,3-5H2,1-2H3,(H,15,16,17)(H3,14,18,19,20). The molecule has 2 rings (SSSR count). The van der Waals surface area contributed by atoms with E-state index in [1.807, 2.05) is 6.92 Å². The Kier molecular flexibility index (Phi) is 5.15. The Morgan fingerprint density at radius 3 is 2.86 bits per heavy atom. The van der Waals surface area contributed by atoms with E-state index in [0.717, 1.165) is 35.8 Å². The van der Waals surface area contributed by atoms with Crippen LogP contribution in [-0.4, -0.2) is 26.5 Å². The molecule has 2 heterocycles. The van der Waals surface area contributed by atoms with Crippen LogP contribution in [0.15, 0.2) is 27.4 Å². The maximum absolute atomic E-state index is 11.4. The van der Waals surface area contributed by atoms with Gasteiger partial charge in [0.2, 0.25) is 0 Å². The maximum atomic E-state index is 11.4. The zero-order chi connectivity index (χ0) is 15.2. The molecule has 0 atom stereocenters. The van der Waals surface area contributed by atoms with E-state index in [2.05, 4.69) is 32.2 Å². The topological polar surface area (TPSA) is 110 Å². The summed E-state index contributed by atoms with van der Waals surface area (Å²) in [4.78, 5) is 26.7. The number of aromatic nitrogens is 4. The second kappa shape index (κ2) is 7.07. The molecule has 0 unspecified atom stereocenters. The molecule has 0 saturated carbocycles. The van der Waals surface area contributed by atoms with Gasteiger partial charge in [0.25, 0.3) is 5.56 Å². The smallest absolute Gasteiger partial charge is 0.253 e. The summed E-state index contributed by atoms with van der Waals surface area (Å²) in [6, 6.07) is 1.25. The average Bonchev–Trinajstić information content (AvgIpc) is 2.44. The van der Waals surface area contributed by atoms with Gasteiger partial charge in [0, 0.05) is 18.2 Å². The summed E-state index contributed by atoms with van der Waals surface area (Å²) in [5.41, 5.74) is 6.31. The number of nitrogens with two attached hydrogens (primary N) is 1. The average molecular weight is 306 g/mol. The number of anilines is 2. The van der Waals surface area contributed by atoms with Gasteiger partial charge in [-0.15, -0.1) is 0 Å². The van der Waals surface area contributed by atoms with Crippen LogP contribution >= 0.6 is 11.8 Å². The van der Waals surface area contributed by atoms with E-state index in [0.29, 0.717) is 5.16 Å². The first kappa shape index (κ1) is 15.3. The predicted molar refractivity (Wildman–Crippen MR) is 83.6 cm³/mol. The molecule has 0 aliphatic heterocycles. The number of nitrogen functional groups attached to an aromatic ring is 1. The lowest BCUT2D eigenvalue weighted by molar-refractivity contribution is 0.899. The Bertz CT molecular complexity index is 672. The first-order valence-electron chi connectivity index (χ1n) is 6.76. The van der Waals surface area contributed by atoms with Crippen LogP contribution in [0.1, 0.15) is 25.8 Å². The summed E-state index contributed by atoms with van der Waals surface area (Å²) < 4.78 is 0. The van der Waals surface area contributed by atoms with Gasteiger partial charge in [0.05, 0.1) is 0 Å². The summed E-state index contributed by atoms with van der Waals surface area (Å²) in [5, 5.41) is 4.47. The molecule has 0 amide bonds. The van der Waals surface area contributed by atoms with Gasteiger partial charge < -0.3 is 16.0 Å². The van der Waals surface area contributed by atoms with E-state index < -0.39 is 0 Å². The number of rotatable bonds is 6. The van der Waals surface area contributed by atoms with Crippen molar-refractivity contribution in [2.75, 3.05) is 17.6 Å². The molecular formula is C13H18N6OS. The molecule has 8 heteroatoms. The largest absolute Gasteiger partial charge is 0.383 e. The van der Waals surface area contributed by atoms with Crippen molar-refractivity contribution in [2.24, 2.45) is 0 Å². The molecule has 2 aromatic heterocycles. The molecule has 0 aliphatic carbocycles. The highest BCUT2D eigenvalue weighted by Crippen LogP contribution is 2.29. The molecule has 21 heavy (non-hydrogen) atoms. The molecule has 112 valence electrons. The quantitative estimate of drug-likeness (QED) is 0.550. The van der Waals surface area contributed by atoms with Crippen molar-refractivity contribution in [1.29, 1.82) is 0 Å². The third kappa shape index (κ3) is 3.94. The molecular weight excluding hydrogens is 288 g/mol. The zero-order valence-corrected chi connectivity index (χ0v) is 12.8. The van der Waals surface area contributed by atoms with Crippen molar-refractivity contribution in [1.82, 2.24) is 19.9 Å². The highest BCUT2D eigenvalue weighted by Gasteiger charge is 2.12. The van der Waals surface area contributed by atoms with Crippen molar-refractivity contribution >= 4 is 23.4 Å². The van der Waals surface area contributed by atoms with Crippen LogP contribution in [0.5, 0.6) is 0 Å². The number of hydrogen-bond donors (Lipinski definition) is 3. The predicted octanol–water partition coefficient (Wildman–Crippen LogP) is 1.68. The molecule has 4 N–H and O–H groups in total. The van der Waals surface area contributed by atoms with Gasteiger partial charge in [0.1, 0.15) is 23.0 Å². The van der Waals surface area contributed by atoms with E-state index in [1.165, 1.54) is 24.2 Å². The van der Waals surface area contributed by atoms with Crippen molar-refractivity contribution < 1.29 is 0 Å². The van der Waals surface area contributed by atoms with Crippen LogP contribution < -0.4 is 16.6 Å². The molecule has 0 saturated heterocycles. The summed E-state index contributed by atoms with van der Waals surface area (Å²) in [6.45, 7) is 4.98. The van der Waals surface area contributed by atoms with E-state index >= 15 is 0 Å². The number of hydrogen-bond acceptors (Lipinski definition) is 7. The monoisotopic (exact) mass is 306 g/mol. The fourth-order valence-electron chi connectivity index (χ4n) is 1.79. The molecule has 0 aromatic carbocycles. The fraction of sp³-hybridized carbons (Fsp3) is 0.385. The molecule has 0 spiro atoms. The van der Waals surface area contributed by atoms with Crippen LogP contribution in [0.2, 0.25) is 0 Å². The Morgan fingerprint density at radius 2 is 2.19 bits per heavy atom. The normalized spacial score (nSPS) is 10.6. The SMILES string of the molecule is CCCNc1ncnc(Sc2nc(N)cc(=O)[nH]2)c1CC. The molecule has 0 radical (unpaired) electrons. The summed E-state index contributed by atoms with van der Waals surface area (Å²) in [6.07, 6.45) is 3.30. The van der Waals surface area contributed by atoms with Gasteiger partial charge in [-0.2, -0.15) is 0 Å². The number of H-pyrrole nitrogens is 1. The third-order valence-electron chi connectivity index (χ3n) is 2.73. The first-order valence-corrected chi connectivity index (χ1v) is 7.58. The Balaban J connectivity index is 2.32. The molecule has 0 bridgehead atoms. The highest BCUT2D eigenvalue weighted by atomic mass is 32.2. The van der Waals surface area contributed by atoms with Gasteiger partial charge in [-0.25, -0.2) is 15.0 Å². The van der Waals surface area contributed by atoms with Gasteiger partial charge in [-0.05, 0) is 24.6 Å². The molecule has 0 aliphatic rings. The van der Waals surface area contributed by atoms with E-state index in [4.69, 9.17) is 5.73 Å². The van der Waals surface area contributed by atoms with E-state index in [1.54, 1.807) is 0 Å². The molecule has 7 nitrogen and oxygen atoms in total. The van der Waals surface area contributed by atoms with Crippen LogP contribution in [0.25, 0.3) is 0 Å². The highest BCUT2D eigenvalue weighted by molar-refractivity contribution is 7.99. The zero-order valence-electron chi connectivity index (χ0n) is 12.0. The van der Waals surface area contributed by atoms with E-state index in [9.17, 15) is 4.79 Å². The van der Waals surface area contributed by atoms with Crippen LogP contribution in [0.4, 0.5) is 11.6 Å². The lowest BCUT2D eigenvalue weighted by Crippen LogP contribution is -2.10. The van der Waals surface area contributed by atoms with Gasteiger partial charge in [-0.1, -0.05) is 13.8 Å². The second-order valence-corrected chi connectivity index (χ2v) is 5.34. The Labute approximate surface area is 126 Å². The number of nitrogens with one attached hydrogen (secondary N) is 2. The second-order valence-electron chi connectivity index (χ2n) is 4.36. The van der Waals surface area contributed by atoms with Crippen molar-refractivity contribution in [3.63, 3.8) is 0 Å². The summed E-state index contributed by atoms with van der Waals surface area (Å²) in [7, 11) is 0. The molecule has 0 fully saturated rings. The minimum absolute atomic E-state index is 0.192. The van der Waals surface area contributed by atoms with Crippen LogP contribution in [0.3, 0.4) is 0 Å². The lowest BCUT2D eigenvalue weighted by atomic mass is 10.2. The van der Waals surface area contributed by atoms with E-state index in [-0.39, 0.29) is 11.4 Å². The van der Waals surface area contributed by atoms with Gasteiger partial charge >= 0.3 is 0 Å². The minimum atomic E-state index is -0.276. The Morgan fingerprint density at radius 1 is 1.38 bits per heavy atom. The van der Waals surface area contributed by atoms with Gasteiger partial charge in [-0.3, -0.25) is 4.79 Å². The number of aromatic amines is 1. The number of nitrogens with zero attached hydrogens (tertiary/aromatic N) is 3. The first-order chi connectivity index (χ1) is 10.1. The third-order valence-corrected chi connectivity index (χ3v) is 3.67. The maximum Gasteiger partial charge on any atom is 0.253 e.